The predicted octanol–water partition coefficient (Wildman–Crippen LogP) is 2.81. The van der Waals surface area contributed by atoms with Crippen molar-refractivity contribution in [1.29, 1.82) is 0 Å². The Morgan fingerprint density at radius 2 is 1.84 bits per heavy atom. The van der Waals surface area contributed by atoms with E-state index in [9.17, 15) is 19.8 Å². The molecule has 0 spiro atoms. The molecule has 4 aliphatic rings. The maximum atomic E-state index is 12.2. The van der Waals surface area contributed by atoms with Crippen molar-refractivity contribution in [3.63, 3.8) is 0 Å². The van der Waals surface area contributed by atoms with Gasteiger partial charge in [0.25, 0.3) is 0 Å². The van der Waals surface area contributed by atoms with Crippen LogP contribution in [0.2, 0.25) is 0 Å². The van der Waals surface area contributed by atoms with E-state index in [0.29, 0.717) is 31.1 Å². The Labute approximate surface area is 149 Å². The zero-order chi connectivity index (χ0) is 18.2. The lowest BCUT2D eigenvalue weighted by Crippen LogP contribution is -2.58. The van der Waals surface area contributed by atoms with Gasteiger partial charge in [-0.05, 0) is 80.3 Å². The normalized spacial score (nSPS) is 52.0. The van der Waals surface area contributed by atoms with Gasteiger partial charge in [0.15, 0.2) is 11.6 Å². The summed E-state index contributed by atoms with van der Waals surface area (Å²) in [7, 11) is 0. The number of carbonyl (C=O) groups is 2. The molecule has 0 saturated heterocycles. The molecule has 0 amide bonds. The fourth-order valence-electron chi connectivity index (χ4n) is 7.20. The summed E-state index contributed by atoms with van der Waals surface area (Å²) in [4.78, 5) is 24.1. The molecule has 3 fully saturated rings. The van der Waals surface area contributed by atoms with Gasteiger partial charge in [-0.25, -0.2) is 0 Å². The quantitative estimate of drug-likeness (QED) is 0.766. The molecule has 4 rings (SSSR count). The molecule has 138 valence electrons. The van der Waals surface area contributed by atoms with Crippen LogP contribution in [0.5, 0.6) is 0 Å². The SMILES string of the molecule is CC(=O)[C@]1(O)CC[C@@H]2[C@H]3C[C@H](O)C4=CC(=O)CC[C@]4(C)[C@@H]3CC[C@@]21C. The van der Waals surface area contributed by atoms with Crippen molar-refractivity contribution < 1.29 is 19.8 Å². The maximum absolute atomic E-state index is 12.2. The van der Waals surface area contributed by atoms with E-state index in [4.69, 9.17) is 0 Å². The summed E-state index contributed by atoms with van der Waals surface area (Å²) in [6, 6.07) is 0. The fraction of sp³-hybridized carbons (Fsp3) is 0.810. The van der Waals surface area contributed by atoms with Gasteiger partial charge in [-0.2, -0.15) is 0 Å². The van der Waals surface area contributed by atoms with E-state index in [-0.39, 0.29) is 28.3 Å². The predicted molar refractivity (Wildman–Crippen MR) is 93.7 cm³/mol. The number of Topliss-reactive ketones (excluding diaryl/α,β-unsaturated/α-hetero) is 1. The van der Waals surface area contributed by atoms with Gasteiger partial charge in [-0.1, -0.05) is 13.8 Å². The molecule has 0 bridgehead atoms. The molecule has 2 N–H and O–H groups in total. The number of aliphatic hydroxyl groups excluding tert-OH is 1. The van der Waals surface area contributed by atoms with Crippen molar-refractivity contribution in [2.45, 2.75) is 77.4 Å². The lowest BCUT2D eigenvalue weighted by atomic mass is 9.46. The van der Waals surface area contributed by atoms with Crippen LogP contribution in [-0.2, 0) is 9.59 Å². The average molecular weight is 346 g/mol. The largest absolute Gasteiger partial charge is 0.389 e. The summed E-state index contributed by atoms with van der Waals surface area (Å²) in [5.41, 5.74) is -0.780. The van der Waals surface area contributed by atoms with E-state index >= 15 is 0 Å². The van der Waals surface area contributed by atoms with Crippen molar-refractivity contribution in [3.05, 3.63) is 11.6 Å². The van der Waals surface area contributed by atoms with Gasteiger partial charge in [0.1, 0.15) is 5.60 Å². The number of hydrogen-bond donors (Lipinski definition) is 2. The zero-order valence-corrected chi connectivity index (χ0v) is 15.5. The average Bonchev–Trinajstić information content (AvgIpc) is 2.83. The van der Waals surface area contributed by atoms with Gasteiger partial charge in [0, 0.05) is 11.8 Å². The maximum Gasteiger partial charge on any atom is 0.161 e. The van der Waals surface area contributed by atoms with E-state index in [2.05, 4.69) is 13.8 Å². The molecule has 7 atom stereocenters. The second-order valence-corrected chi connectivity index (χ2v) is 9.52. The van der Waals surface area contributed by atoms with Gasteiger partial charge >= 0.3 is 0 Å². The Bertz CT molecular complexity index is 667. The molecule has 4 heteroatoms. The van der Waals surface area contributed by atoms with E-state index in [0.717, 1.165) is 31.3 Å². The van der Waals surface area contributed by atoms with Crippen LogP contribution in [0.1, 0.15) is 65.7 Å². The van der Waals surface area contributed by atoms with Crippen LogP contribution in [-0.4, -0.2) is 33.5 Å². The highest BCUT2D eigenvalue weighted by Crippen LogP contribution is 2.67. The van der Waals surface area contributed by atoms with Gasteiger partial charge in [0.2, 0.25) is 0 Å². The molecular formula is C21H30O4. The van der Waals surface area contributed by atoms with Crippen molar-refractivity contribution in [2.24, 2.45) is 28.6 Å². The zero-order valence-electron chi connectivity index (χ0n) is 15.5. The molecule has 4 aliphatic carbocycles. The molecule has 4 nitrogen and oxygen atoms in total. The van der Waals surface area contributed by atoms with Crippen LogP contribution in [0, 0.1) is 28.6 Å². The summed E-state index contributed by atoms with van der Waals surface area (Å²) in [5.74, 6) is 1.05. The number of carbonyl (C=O) groups excluding carboxylic acids is 2. The number of hydrogen-bond acceptors (Lipinski definition) is 4. The molecule has 0 aliphatic heterocycles. The summed E-state index contributed by atoms with van der Waals surface area (Å²) in [5, 5.41) is 22.0. The van der Waals surface area contributed by atoms with E-state index in [1.807, 2.05) is 0 Å². The van der Waals surface area contributed by atoms with Crippen molar-refractivity contribution in [3.8, 4) is 0 Å². The summed E-state index contributed by atoms with van der Waals surface area (Å²) < 4.78 is 0. The number of aliphatic hydroxyl groups is 2. The first-order valence-electron chi connectivity index (χ1n) is 9.80. The lowest BCUT2D eigenvalue weighted by molar-refractivity contribution is -0.162. The Kier molecular flexibility index (Phi) is 3.66. The van der Waals surface area contributed by atoms with Crippen LogP contribution < -0.4 is 0 Å². The lowest BCUT2D eigenvalue weighted by Gasteiger charge is -2.59. The molecule has 0 aromatic carbocycles. The molecule has 3 saturated carbocycles. The van der Waals surface area contributed by atoms with Crippen LogP contribution in [0.25, 0.3) is 0 Å². The first-order valence-corrected chi connectivity index (χ1v) is 9.80. The fourth-order valence-corrected chi connectivity index (χ4v) is 7.20. The summed E-state index contributed by atoms with van der Waals surface area (Å²) in [6.45, 7) is 5.83. The highest BCUT2D eigenvalue weighted by molar-refractivity contribution is 5.92. The number of rotatable bonds is 1. The number of fused-ring (bicyclic) bond motifs is 5. The van der Waals surface area contributed by atoms with Gasteiger partial charge in [0.05, 0.1) is 6.10 Å². The van der Waals surface area contributed by atoms with Crippen molar-refractivity contribution >= 4 is 11.6 Å². The Morgan fingerprint density at radius 1 is 1.16 bits per heavy atom. The van der Waals surface area contributed by atoms with Gasteiger partial charge in [-0.15, -0.1) is 0 Å². The highest BCUT2D eigenvalue weighted by Gasteiger charge is 2.66. The van der Waals surface area contributed by atoms with E-state index < -0.39 is 11.7 Å². The third-order valence-electron chi connectivity index (χ3n) is 8.71. The first kappa shape index (κ1) is 17.4. The minimum absolute atomic E-state index is 0.109. The minimum Gasteiger partial charge on any atom is -0.389 e. The molecule has 0 heterocycles. The van der Waals surface area contributed by atoms with Crippen LogP contribution in [0.4, 0.5) is 0 Å². The topological polar surface area (TPSA) is 74.6 Å². The standard InChI is InChI=1S/C21H30O4/c1-12(22)21(25)9-6-16-14-11-18(24)17-10-13(23)4-7-19(17,2)15(14)5-8-20(16,21)3/h10,14-16,18,24-25H,4-9,11H2,1-3H3/t14-,15+,16+,18-,19+,20-,21+/m0/s1. The molecule has 0 radical (unpaired) electrons. The van der Waals surface area contributed by atoms with E-state index in [1.54, 1.807) is 6.08 Å². The van der Waals surface area contributed by atoms with Crippen molar-refractivity contribution in [2.75, 3.05) is 0 Å². The van der Waals surface area contributed by atoms with Crippen LogP contribution in [0.3, 0.4) is 0 Å². The minimum atomic E-state index is -1.22. The third kappa shape index (κ3) is 2.07. The third-order valence-corrected chi connectivity index (χ3v) is 8.71. The monoisotopic (exact) mass is 346 g/mol. The van der Waals surface area contributed by atoms with Crippen molar-refractivity contribution in [1.82, 2.24) is 0 Å². The number of ketones is 2. The summed E-state index contributed by atoms with van der Waals surface area (Å²) >= 11 is 0. The smallest absolute Gasteiger partial charge is 0.161 e. The summed E-state index contributed by atoms with van der Waals surface area (Å²) in [6.07, 6.45) is 6.39. The molecular weight excluding hydrogens is 316 g/mol. The Morgan fingerprint density at radius 3 is 2.52 bits per heavy atom. The Balaban J connectivity index is 1.73. The van der Waals surface area contributed by atoms with Gasteiger partial charge < -0.3 is 10.2 Å². The van der Waals surface area contributed by atoms with Crippen LogP contribution >= 0.6 is 0 Å². The second kappa shape index (κ2) is 5.26. The Hall–Kier alpha value is -1.00. The van der Waals surface area contributed by atoms with Gasteiger partial charge in [-0.3, -0.25) is 9.59 Å². The van der Waals surface area contributed by atoms with Crippen LogP contribution in [0.15, 0.2) is 11.6 Å². The molecule has 0 aromatic heterocycles. The molecule has 25 heavy (non-hydrogen) atoms. The second-order valence-electron chi connectivity index (χ2n) is 9.52. The first-order chi connectivity index (χ1) is 11.6. The molecule has 0 aromatic rings. The van der Waals surface area contributed by atoms with E-state index in [1.165, 1.54) is 6.92 Å². The highest BCUT2D eigenvalue weighted by atomic mass is 16.3. The molecule has 0 unspecified atom stereocenters.